The van der Waals surface area contributed by atoms with E-state index in [1.165, 1.54) is 5.56 Å². The fraction of sp³-hybridized carbons (Fsp3) is 0.333. The normalized spacial score (nSPS) is 22.1. The van der Waals surface area contributed by atoms with Crippen LogP contribution in [0.25, 0.3) is 5.82 Å². The summed E-state index contributed by atoms with van der Waals surface area (Å²) in [6.45, 7) is 4.15. The van der Waals surface area contributed by atoms with Gasteiger partial charge in [0, 0.05) is 29.4 Å². The van der Waals surface area contributed by atoms with E-state index in [4.69, 9.17) is 5.73 Å². The molecule has 0 spiro atoms. The van der Waals surface area contributed by atoms with Crippen molar-refractivity contribution in [1.29, 1.82) is 0 Å². The molecule has 0 amide bonds. The van der Waals surface area contributed by atoms with E-state index in [1.54, 1.807) is 6.20 Å². The van der Waals surface area contributed by atoms with Crippen molar-refractivity contribution in [3.63, 3.8) is 0 Å². The Morgan fingerprint density at radius 3 is 2.74 bits per heavy atom. The minimum Gasteiger partial charge on any atom is -0.324 e. The molecule has 4 heteroatoms. The van der Waals surface area contributed by atoms with Crippen molar-refractivity contribution in [2.75, 3.05) is 0 Å². The molecule has 0 aromatic carbocycles. The highest BCUT2D eigenvalue weighted by Gasteiger charge is 2.24. The van der Waals surface area contributed by atoms with Crippen molar-refractivity contribution in [3.05, 3.63) is 53.5 Å². The first kappa shape index (κ1) is 12.1. The summed E-state index contributed by atoms with van der Waals surface area (Å²) in [5.41, 5.74) is 9.46. The molecule has 2 aromatic rings. The molecule has 0 bridgehead atoms. The monoisotopic (exact) mass is 254 g/mol. The Hall–Kier alpha value is -1.94. The highest BCUT2D eigenvalue weighted by Crippen LogP contribution is 2.32. The second-order valence-corrected chi connectivity index (χ2v) is 5.08. The number of nitrogens with two attached hydrogens (primary N) is 1. The van der Waals surface area contributed by atoms with Gasteiger partial charge < -0.3 is 5.73 Å². The number of allylic oxidation sites excluding steroid dienone is 1. The first-order valence-electron chi connectivity index (χ1n) is 6.58. The zero-order chi connectivity index (χ0) is 13.4. The first-order valence-corrected chi connectivity index (χ1v) is 6.58. The number of aryl methyl sites for hydroxylation is 1. The largest absolute Gasteiger partial charge is 0.324 e. The van der Waals surface area contributed by atoms with Gasteiger partial charge in [-0.05, 0) is 32.4 Å². The Kier molecular flexibility index (Phi) is 2.95. The molecule has 98 valence electrons. The summed E-state index contributed by atoms with van der Waals surface area (Å²) >= 11 is 0. The highest BCUT2D eigenvalue weighted by atomic mass is 15.3. The third kappa shape index (κ3) is 2.08. The van der Waals surface area contributed by atoms with E-state index in [0.29, 0.717) is 5.92 Å². The Morgan fingerprint density at radius 1 is 1.26 bits per heavy atom. The third-order valence-corrected chi connectivity index (χ3v) is 3.70. The molecule has 4 nitrogen and oxygen atoms in total. The van der Waals surface area contributed by atoms with Crippen molar-refractivity contribution in [1.82, 2.24) is 14.8 Å². The van der Waals surface area contributed by atoms with Crippen LogP contribution >= 0.6 is 0 Å². The minimum atomic E-state index is 0.169. The van der Waals surface area contributed by atoms with Gasteiger partial charge >= 0.3 is 0 Å². The number of aromatic nitrogens is 3. The van der Waals surface area contributed by atoms with Crippen molar-refractivity contribution < 1.29 is 0 Å². The Balaban J connectivity index is 2.04. The first-order chi connectivity index (χ1) is 9.16. The van der Waals surface area contributed by atoms with Gasteiger partial charge in [-0.2, -0.15) is 5.10 Å². The van der Waals surface area contributed by atoms with Crippen LogP contribution in [0.15, 0.2) is 36.5 Å². The molecule has 2 atom stereocenters. The van der Waals surface area contributed by atoms with Gasteiger partial charge in [0.25, 0.3) is 0 Å². The number of hydrogen-bond donors (Lipinski definition) is 1. The lowest BCUT2D eigenvalue weighted by molar-refractivity contribution is 0.703. The van der Waals surface area contributed by atoms with E-state index in [0.717, 1.165) is 23.6 Å². The van der Waals surface area contributed by atoms with E-state index in [1.807, 2.05) is 22.9 Å². The zero-order valence-corrected chi connectivity index (χ0v) is 11.2. The topological polar surface area (TPSA) is 56.7 Å². The molecule has 0 aliphatic heterocycles. The molecule has 1 aliphatic carbocycles. The Labute approximate surface area is 113 Å². The van der Waals surface area contributed by atoms with Crippen LogP contribution in [-0.2, 0) is 0 Å². The van der Waals surface area contributed by atoms with Crippen LogP contribution in [-0.4, -0.2) is 20.8 Å². The molecule has 2 aromatic heterocycles. The van der Waals surface area contributed by atoms with Crippen LogP contribution in [0.1, 0.15) is 29.3 Å². The minimum absolute atomic E-state index is 0.169. The van der Waals surface area contributed by atoms with E-state index in [2.05, 4.69) is 36.1 Å². The third-order valence-electron chi connectivity index (χ3n) is 3.70. The van der Waals surface area contributed by atoms with Crippen LogP contribution in [0.3, 0.4) is 0 Å². The van der Waals surface area contributed by atoms with Gasteiger partial charge in [0.1, 0.15) is 0 Å². The summed E-state index contributed by atoms with van der Waals surface area (Å²) in [4.78, 5) is 4.36. The predicted octanol–water partition coefficient (Wildman–Crippen LogP) is 2.25. The predicted molar refractivity (Wildman–Crippen MR) is 75.3 cm³/mol. The standard InChI is InChI=1S/C15H18N4/c1-10-15(12-6-7-13(16)9-12)11(2)19(18-10)14-5-3-4-8-17-14/h3-8,12-13H,9,16H2,1-2H3. The summed E-state index contributed by atoms with van der Waals surface area (Å²) in [6.07, 6.45) is 7.04. The molecule has 19 heavy (non-hydrogen) atoms. The Bertz CT molecular complexity index is 613. The van der Waals surface area contributed by atoms with Gasteiger partial charge in [-0.25, -0.2) is 9.67 Å². The van der Waals surface area contributed by atoms with Gasteiger partial charge in [-0.1, -0.05) is 18.2 Å². The van der Waals surface area contributed by atoms with Gasteiger partial charge in [0.05, 0.1) is 5.69 Å². The van der Waals surface area contributed by atoms with E-state index < -0.39 is 0 Å². The second-order valence-electron chi connectivity index (χ2n) is 5.08. The fourth-order valence-corrected chi connectivity index (χ4v) is 2.83. The van der Waals surface area contributed by atoms with Crippen LogP contribution in [0, 0.1) is 13.8 Å². The maximum atomic E-state index is 5.95. The molecule has 0 saturated carbocycles. The quantitative estimate of drug-likeness (QED) is 0.836. The fourth-order valence-electron chi connectivity index (χ4n) is 2.83. The smallest absolute Gasteiger partial charge is 0.153 e. The van der Waals surface area contributed by atoms with Crippen LogP contribution in [0.5, 0.6) is 0 Å². The summed E-state index contributed by atoms with van der Waals surface area (Å²) in [6, 6.07) is 6.03. The SMILES string of the molecule is Cc1nn(-c2ccccn2)c(C)c1C1C=CC(N)C1. The zero-order valence-electron chi connectivity index (χ0n) is 11.2. The molecule has 3 rings (SSSR count). The van der Waals surface area contributed by atoms with Gasteiger partial charge in [0.2, 0.25) is 0 Å². The van der Waals surface area contributed by atoms with Crippen molar-refractivity contribution in [2.24, 2.45) is 5.73 Å². The van der Waals surface area contributed by atoms with Gasteiger partial charge in [-0.15, -0.1) is 0 Å². The lowest BCUT2D eigenvalue weighted by Gasteiger charge is -2.10. The van der Waals surface area contributed by atoms with Crippen molar-refractivity contribution in [3.8, 4) is 5.82 Å². The number of hydrogen-bond acceptors (Lipinski definition) is 3. The molecule has 2 N–H and O–H groups in total. The number of rotatable bonds is 2. The van der Waals surface area contributed by atoms with Crippen molar-refractivity contribution in [2.45, 2.75) is 32.2 Å². The lowest BCUT2D eigenvalue weighted by atomic mass is 9.96. The Morgan fingerprint density at radius 2 is 2.11 bits per heavy atom. The van der Waals surface area contributed by atoms with E-state index in [9.17, 15) is 0 Å². The molecule has 2 unspecified atom stereocenters. The average molecular weight is 254 g/mol. The lowest BCUT2D eigenvalue weighted by Crippen LogP contribution is -2.14. The summed E-state index contributed by atoms with van der Waals surface area (Å²) in [5.74, 6) is 1.24. The van der Waals surface area contributed by atoms with Crippen LogP contribution in [0.4, 0.5) is 0 Å². The molecule has 0 radical (unpaired) electrons. The summed E-state index contributed by atoms with van der Waals surface area (Å²) < 4.78 is 1.92. The van der Waals surface area contributed by atoms with Gasteiger partial charge in [-0.3, -0.25) is 0 Å². The maximum Gasteiger partial charge on any atom is 0.153 e. The van der Waals surface area contributed by atoms with Crippen LogP contribution < -0.4 is 5.73 Å². The van der Waals surface area contributed by atoms with E-state index in [-0.39, 0.29) is 6.04 Å². The molecule has 1 aliphatic rings. The number of nitrogens with zero attached hydrogens (tertiary/aromatic N) is 3. The second kappa shape index (κ2) is 4.63. The van der Waals surface area contributed by atoms with E-state index >= 15 is 0 Å². The average Bonchev–Trinajstić information content (AvgIpc) is 2.95. The maximum absolute atomic E-state index is 5.95. The highest BCUT2D eigenvalue weighted by molar-refractivity contribution is 5.38. The molecular weight excluding hydrogens is 236 g/mol. The molecule has 0 fully saturated rings. The van der Waals surface area contributed by atoms with Gasteiger partial charge in [0.15, 0.2) is 5.82 Å². The number of pyridine rings is 1. The summed E-state index contributed by atoms with van der Waals surface area (Å²) in [7, 11) is 0. The molecular formula is C15H18N4. The van der Waals surface area contributed by atoms with Crippen LogP contribution in [0.2, 0.25) is 0 Å². The molecule has 2 heterocycles. The molecule has 0 saturated heterocycles. The van der Waals surface area contributed by atoms with Crippen molar-refractivity contribution >= 4 is 0 Å². The summed E-state index contributed by atoms with van der Waals surface area (Å²) in [5, 5.41) is 4.63.